The highest BCUT2D eigenvalue weighted by Gasteiger charge is 2.29. The molecular formula is C17H18N6O3. The minimum Gasteiger partial charge on any atom is -0.359 e. The number of H-pyrrole nitrogens is 2. The van der Waals surface area contributed by atoms with Gasteiger partial charge in [-0.15, -0.1) is 5.10 Å². The lowest BCUT2D eigenvalue weighted by Gasteiger charge is -2.25. The Bertz CT molecular complexity index is 1010. The Morgan fingerprint density at radius 2 is 2.08 bits per heavy atom. The number of fused-ring (bicyclic) bond motifs is 1. The maximum Gasteiger partial charge on any atom is 0.341 e. The molecule has 134 valence electrons. The van der Waals surface area contributed by atoms with E-state index >= 15 is 0 Å². The molecule has 1 aromatic carbocycles. The SMILES string of the molecule is Cc1cccc(C)c1Nc1noc2c1CN(C(=O)c1n[nH]c(=O)[nH]1)CC2. The van der Waals surface area contributed by atoms with Crippen LogP contribution in [-0.4, -0.2) is 37.7 Å². The summed E-state index contributed by atoms with van der Waals surface area (Å²) >= 11 is 0. The van der Waals surface area contributed by atoms with Gasteiger partial charge in [0, 0.05) is 18.7 Å². The van der Waals surface area contributed by atoms with Crippen LogP contribution in [0.25, 0.3) is 0 Å². The molecule has 1 amide bonds. The molecule has 1 aliphatic heterocycles. The zero-order valence-electron chi connectivity index (χ0n) is 14.4. The largest absolute Gasteiger partial charge is 0.359 e. The van der Waals surface area contributed by atoms with E-state index in [1.165, 1.54) is 0 Å². The highest BCUT2D eigenvalue weighted by Crippen LogP contribution is 2.31. The van der Waals surface area contributed by atoms with E-state index in [1.807, 2.05) is 32.0 Å². The fraction of sp³-hybridized carbons (Fsp3) is 0.294. The molecule has 3 aromatic rings. The van der Waals surface area contributed by atoms with Crippen molar-refractivity contribution in [1.82, 2.24) is 25.2 Å². The number of benzene rings is 1. The second kappa shape index (κ2) is 6.17. The number of carbonyl (C=O) groups is 1. The minimum atomic E-state index is -0.506. The third-order valence-corrected chi connectivity index (χ3v) is 4.54. The second-order valence-corrected chi connectivity index (χ2v) is 6.33. The average Bonchev–Trinajstić information content (AvgIpc) is 3.23. The van der Waals surface area contributed by atoms with E-state index in [-0.39, 0.29) is 11.7 Å². The number of aromatic amines is 2. The lowest BCUT2D eigenvalue weighted by atomic mass is 10.1. The van der Waals surface area contributed by atoms with Gasteiger partial charge in [-0.1, -0.05) is 23.4 Å². The molecule has 4 rings (SSSR count). The number of nitrogens with zero attached hydrogens (tertiary/aromatic N) is 3. The van der Waals surface area contributed by atoms with Gasteiger partial charge in [0.15, 0.2) is 5.82 Å². The lowest BCUT2D eigenvalue weighted by molar-refractivity contribution is 0.0717. The molecule has 9 heteroatoms. The molecule has 3 N–H and O–H groups in total. The molecule has 3 heterocycles. The van der Waals surface area contributed by atoms with Crippen LogP contribution in [-0.2, 0) is 13.0 Å². The predicted molar refractivity (Wildman–Crippen MR) is 93.4 cm³/mol. The Kier molecular flexibility index (Phi) is 3.83. The molecule has 0 unspecified atom stereocenters. The number of para-hydroxylation sites is 1. The fourth-order valence-electron chi connectivity index (χ4n) is 3.13. The summed E-state index contributed by atoms with van der Waals surface area (Å²) in [5.74, 6) is 1.02. The van der Waals surface area contributed by atoms with Crippen molar-refractivity contribution in [3.63, 3.8) is 0 Å². The summed E-state index contributed by atoms with van der Waals surface area (Å²) < 4.78 is 5.45. The number of aryl methyl sites for hydroxylation is 2. The Hall–Kier alpha value is -3.36. The van der Waals surface area contributed by atoms with E-state index in [9.17, 15) is 9.59 Å². The van der Waals surface area contributed by atoms with Gasteiger partial charge >= 0.3 is 5.69 Å². The van der Waals surface area contributed by atoms with E-state index < -0.39 is 5.69 Å². The Balaban J connectivity index is 1.60. The number of hydrogen-bond acceptors (Lipinski definition) is 6. The van der Waals surface area contributed by atoms with Crippen molar-refractivity contribution < 1.29 is 9.32 Å². The van der Waals surface area contributed by atoms with Crippen molar-refractivity contribution in [1.29, 1.82) is 0 Å². The number of carbonyl (C=O) groups excluding carboxylic acids is 1. The maximum absolute atomic E-state index is 12.5. The van der Waals surface area contributed by atoms with Gasteiger partial charge in [-0.25, -0.2) is 9.89 Å². The Labute approximate surface area is 148 Å². The first-order chi connectivity index (χ1) is 12.5. The van der Waals surface area contributed by atoms with Crippen molar-refractivity contribution in [2.75, 3.05) is 11.9 Å². The zero-order valence-corrected chi connectivity index (χ0v) is 14.4. The zero-order chi connectivity index (χ0) is 18.3. The van der Waals surface area contributed by atoms with E-state index in [2.05, 4.69) is 25.7 Å². The van der Waals surface area contributed by atoms with Gasteiger partial charge in [-0.2, -0.15) is 0 Å². The van der Waals surface area contributed by atoms with Gasteiger partial charge in [0.2, 0.25) is 5.82 Å². The van der Waals surface area contributed by atoms with Crippen LogP contribution < -0.4 is 11.0 Å². The molecule has 0 radical (unpaired) electrons. The Morgan fingerprint density at radius 3 is 2.77 bits per heavy atom. The van der Waals surface area contributed by atoms with E-state index in [0.29, 0.717) is 25.3 Å². The highest BCUT2D eigenvalue weighted by atomic mass is 16.5. The van der Waals surface area contributed by atoms with Gasteiger partial charge in [-0.3, -0.25) is 9.78 Å². The number of anilines is 2. The normalized spacial score (nSPS) is 13.5. The van der Waals surface area contributed by atoms with Crippen LogP contribution in [0, 0.1) is 13.8 Å². The molecular weight excluding hydrogens is 336 g/mol. The topological polar surface area (TPSA) is 120 Å². The van der Waals surface area contributed by atoms with Crippen LogP contribution in [0.1, 0.15) is 33.1 Å². The molecule has 0 aliphatic carbocycles. The van der Waals surface area contributed by atoms with Gasteiger partial charge < -0.3 is 14.7 Å². The van der Waals surface area contributed by atoms with Gasteiger partial charge in [0.25, 0.3) is 5.91 Å². The molecule has 0 saturated heterocycles. The summed E-state index contributed by atoms with van der Waals surface area (Å²) in [5, 5.41) is 13.4. The summed E-state index contributed by atoms with van der Waals surface area (Å²) in [6, 6.07) is 6.04. The molecule has 1 aliphatic rings. The molecule has 0 spiro atoms. The number of hydrogen-bond donors (Lipinski definition) is 3. The van der Waals surface area contributed by atoms with Crippen molar-refractivity contribution in [2.24, 2.45) is 0 Å². The van der Waals surface area contributed by atoms with E-state index in [4.69, 9.17) is 4.52 Å². The van der Waals surface area contributed by atoms with E-state index in [1.54, 1.807) is 4.90 Å². The number of rotatable bonds is 3. The summed E-state index contributed by atoms with van der Waals surface area (Å²) in [5.41, 5.74) is 3.50. The Morgan fingerprint density at radius 1 is 1.31 bits per heavy atom. The highest BCUT2D eigenvalue weighted by molar-refractivity contribution is 5.90. The smallest absolute Gasteiger partial charge is 0.341 e. The molecule has 9 nitrogen and oxygen atoms in total. The van der Waals surface area contributed by atoms with Crippen LogP contribution in [0.4, 0.5) is 11.5 Å². The van der Waals surface area contributed by atoms with Gasteiger partial charge in [0.05, 0.1) is 12.1 Å². The molecule has 2 aromatic heterocycles. The third-order valence-electron chi connectivity index (χ3n) is 4.54. The van der Waals surface area contributed by atoms with Crippen LogP contribution in [0.2, 0.25) is 0 Å². The quantitative estimate of drug-likeness (QED) is 0.658. The summed E-state index contributed by atoms with van der Waals surface area (Å²) in [7, 11) is 0. The second-order valence-electron chi connectivity index (χ2n) is 6.33. The molecule has 0 saturated carbocycles. The maximum atomic E-state index is 12.5. The van der Waals surface area contributed by atoms with Crippen LogP contribution in [0.5, 0.6) is 0 Å². The number of aromatic nitrogens is 4. The van der Waals surface area contributed by atoms with Crippen molar-refractivity contribution in [3.8, 4) is 0 Å². The lowest BCUT2D eigenvalue weighted by Crippen LogP contribution is -2.36. The van der Waals surface area contributed by atoms with E-state index in [0.717, 1.165) is 28.1 Å². The number of nitrogens with one attached hydrogen (secondary N) is 3. The van der Waals surface area contributed by atoms with Crippen LogP contribution >= 0.6 is 0 Å². The molecule has 0 atom stereocenters. The summed E-state index contributed by atoms with van der Waals surface area (Å²) in [6.07, 6.45) is 0.553. The first-order valence-electron chi connectivity index (χ1n) is 8.27. The van der Waals surface area contributed by atoms with Crippen LogP contribution in [0.15, 0.2) is 27.5 Å². The van der Waals surface area contributed by atoms with Crippen LogP contribution in [0.3, 0.4) is 0 Å². The fourth-order valence-corrected chi connectivity index (χ4v) is 3.13. The average molecular weight is 354 g/mol. The predicted octanol–water partition coefficient (Wildman–Crippen LogP) is 1.64. The first-order valence-corrected chi connectivity index (χ1v) is 8.27. The monoisotopic (exact) mass is 354 g/mol. The van der Waals surface area contributed by atoms with Gasteiger partial charge in [-0.05, 0) is 25.0 Å². The molecule has 0 fully saturated rings. The van der Waals surface area contributed by atoms with Crippen molar-refractivity contribution in [2.45, 2.75) is 26.8 Å². The van der Waals surface area contributed by atoms with Crippen molar-refractivity contribution >= 4 is 17.4 Å². The standard InChI is InChI=1S/C17H18N6O3/c1-9-4-3-5-10(2)13(9)18-14-11-8-23(7-6-12(11)26-22-14)16(24)15-19-17(25)21-20-15/h3-5H,6-8H2,1-2H3,(H,18,22)(H2,19,20,21,25). The van der Waals surface area contributed by atoms with Gasteiger partial charge in [0.1, 0.15) is 5.76 Å². The number of amides is 1. The molecule has 0 bridgehead atoms. The third kappa shape index (κ3) is 2.77. The summed E-state index contributed by atoms with van der Waals surface area (Å²) in [4.78, 5) is 27.7. The van der Waals surface area contributed by atoms with Crippen molar-refractivity contribution in [3.05, 3.63) is 57.0 Å². The summed E-state index contributed by atoms with van der Waals surface area (Å²) in [6.45, 7) is 4.84. The minimum absolute atomic E-state index is 0.000776. The first kappa shape index (κ1) is 16.1. The molecule has 26 heavy (non-hydrogen) atoms.